The van der Waals surface area contributed by atoms with Crippen molar-refractivity contribution in [3.8, 4) is 5.75 Å². The Hall–Kier alpha value is -2.97. The van der Waals surface area contributed by atoms with E-state index in [1.807, 2.05) is 0 Å². The number of aromatic nitrogens is 3. The van der Waals surface area contributed by atoms with Gasteiger partial charge in [0.25, 0.3) is 11.6 Å². The molecule has 0 aliphatic heterocycles. The van der Waals surface area contributed by atoms with Crippen molar-refractivity contribution in [3.05, 3.63) is 46.0 Å². The highest BCUT2D eigenvalue weighted by atomic mass is 16.6. The van der Waals surface area contributed by atoms with Gasteiger partial charge in [0.05, 0.1) is 23.6 Å². The number of benzene rings is 1. The predicted molar refractivity (Wildman–Crippen MR) is 71.9 cm³/mol. The van der Waals surface area contributed by atoms with Gasteiger partial charge in [-0.2, -0.15) is 5.10 Å². The number of carbonyl (C=O) groups is 1. The molecular formula is C12H13N5O4. The van der Waals surface area contributed by atoms with Gasteiger partial charge in [0.2, 0.25) is 0 Å². The van der Waals surface area contributed by atoms with Gasteiger partial charge < -0.3 is 10.1 Å². The molecule has 1 unspecified atom stereocenters. The van der Waals surface area contributed by atoms with Crippen molar-refractivity contribution in [2.24, 2.45) is 0 Å². The van der Waals surface area contributed by atoms with E-state index in [4.69, 9.17) is 4.74 Å². The second kappa shape index (κ2) is 5.99. The fourth-order valence-corrected chi connectivity index (χ4v) is 1.75. The molecule has 2 aromatic rings. The van der Waals surface area contributed by atoms with Gasteiger partial charge in [-0.1, -0.05) is 0 Å². The van der Waals surface area contributed by atoms with Gasteiger partial charge in [-0.3, -0.25) is 20.0 Å². The lowest BCUT2D eigenvalue weighted by Crippen LogP contribution is -2.27. The normalized spacial score (nSPS) is 11.7. The van der Waals surface area contributed by atoms with Gasteiger partial charge in [-0.25, -0.2) is 4.98 Å². The number of hydrogen-bond donors (Lipinski definition) is 2. The average Bonchev–Trinajstić information content (AvgIpc) is 3.00. The average molecular weight is 291 g/mol. The fourth-order valence-electron chi connectivity index (χ4n) is 1.75. The minimum atomic E-state index is -0.573. The van der Waals surface area contributed by atoms with E-state index in [0.717, 1.165) is 0 Å². The Morgan fingerprint density at radius 2 is 2.29 bits per heavy atom. The molecule has 1 aromatic heterocycles. The SMILES string of the molecule is COc1ccc([N+](=O)[O-])cc1C(=O)NC(C)c1ncn[nH]1. The van der Waals surface area contributed by atoms with Gasteiger partial charge in [0, 0.05) is 12.1 Å². The summed E-state index contributed by atoms with van der Waals surface area (Å²) in [5.41, 5.74) is -0.105. The number of rotatable bonds is 5. The van der Waals surface area contributed by atoms with E-state index in [1.54, 1.807) is 6.92 Å². The van der Waals surface area contributed by atoms with E-state index in [2.05, 4.69) is 20.5 Å². The fraction of sp³-hybridized carbons (Fsp3) is 0.250. The van der Waals surface area contributed by atoms with Crippen LogP contribution in [0.2, 0.25) is 0 Å². The Labute approximate surface area is 119 Å². The molecule has 0 saturated heterocycles. The van der Waals surface area contributed by atoms with Crippen molar-refractivity contribution >= 4 is 11.6 Å². The van der Waals surface area contributed by atoms with E-state index >= 15 is 0 Å². The molecule has 9 nitrogen and oxygen atoms in total. The standard InChI is InChI=1S/C12H13N5O4/c1-7(11-13-6-14-16-11)15-12(18)9-5-8(17(19)20)3-4-10(9)21-2/h3-7H,1-2H3,(H,15,18)(H,13,14,16). The molecule has 2 N–H and O–H groups in total. The molecule has 21 heavy (non-hydrogen) atoms. The summed E-state index contributed by atoms with van der Waals surface area (Å²) in [6, 6.07) is 3.40. The van der Waals surface area contributed by atoms with Crippen molar-refractivity contribution in [2.75, 3.05) is 7.11 Å². The van der Waals surface area contributed by atoms with Gasteiger partial charge in [-0.15, -0.1) is 0 Å². The third-order valence-corrected chi connectivity index (χ3v) is 2.83. The molecule has 0 saturated carbocycles. The summed E-state index contributed by atoms with van der Waals surface area (Å²) >= 11 is 0. The van der Waals surface area contributed by atoms with E-state index in [0.29, 0.717) is 5.82 Å². The van der Waals surface area contributed by atoms with Gasteiger partial charge in [0.15, 0.2) is 0 Å². The number of nitrogens with one attached hydrogen (secondary N) is 2. The highest BCUT2D eigenvalue weighted by Gasteiger charge is 2.20. The van der Waals surface area contributed by atoms with Crippen molar-refractivity contribution < 1.29 is 14.5 Å². The zero-order valence-electron chi connectivity index (χ0n) is 11.4. The Morgan fingerprint density at radius 3 is 2.86 bits per heavy atom. The van der Waals surface area contributed by atoms with E-state index < -0.39 is 16.9 Å². The van der Waals surface area contributed by atoms with Crippen molar-refractivity contribution in [1.82, 2.24) is 20.5 Å². The first kappa shape index (κ1) is 14.4. The first-order chi connectivity index (χ1) is 10.0. The third kappa shape index (κ3) is 3.14. The van der Waals surface area contributed by atoms with Crippen LogP contribution < -0.4 is 10.1 Å². The highest BCUT2D eigenvalue weighted by Crippen LogP contribution is 2.24. The number of nitro benzene ring substituents is 1. The van der Waals surface area contributed by atoms with Crippen LogP contribution in [0.3, 0.4) is 0 Å². The minimum absolute atomic E-state index is 0.0815. The smallest absolute Gasteiger partial charge is 0.270 e. The summed E-state index contributed by atoms with van der Waals surface area (Å²) < 4.78 is 5.05. The van der Waals surface area contributed by atoms with Crippen LogP contribution in [0, 0.1) is 10.1 Å². The maximum Gasteiger partial charge on any atom is 0.270 e. The van der Waals surface area contributed by atoms with E-state index in [1.165, 1.54) is 31.6 Å². The first-order valence-electron chi connectivity index (χ1n) is 6.01. The molecule has 9 heteroatoms. The van der Waals surface area contributed by atoms with Crippen LogP contribution in [0.4, 0.5) is 5.69 Å². The van der Waals surface area contributed by atoms with Crippen LogP contribution in [0.5, 0.6) is 5.75 Å². The second-order valence-corrected chi connectivity index (χ2v) is 4.21. The molecule has 0 aliphatic carbocycles. The molecule has 1 amide bonds. The number of H-pyrrole nitrogens is 1. The molecule has 0 spiro atoms. The Balaban J connectivity index is 2.25. The summed E-state index contributed by atoms with van der Waals surface area (Å²) in [4.78, 5) is 26.4. The molecule has 2 rings (SSSR count). The van der Waals surface area contributed by atoms with Crippen LogP contribution in [0.15, 0.2) is 24.5 Å². The van der Waals surface area contributed by atoms with E-state index in [-0.39, 0.29) is 17.0 Å². The quantitative estimate of drug-likeness (QED) is 0.630. The van der Waals surface area contributed by atoms with Gasteiger partial charge >= 0.3 is 0 Å². The molecule has 1 heterocycles. The third-order valence-electron chi connectivity index (χ3n) is 2.83. The first-order valence-corrected chi connectivity index (χ1v) is 6.01. The predicted octanol–water partition coefficient (Wildman–Crippen LogP) is 1.21. The Bertz CT molecular complexity index is 656. The number of hydrogen-bond acceptors (Lipinski definition) is 6. The largest absolute Gasteiger partial charge is 0.496 e. The van der Waals surface area contributed by atoms with Gasteiger partial charge in [0.1, 0.15) is 17.9 Å². The number of ether oxygens (including phenoxy) is 1. The Kier molecular flexibility index (Phi) is 4.12. The minimum Gasteiger partial charge on any atom is -0.496 e. The molecule has 1 aromatic carbocycles. The van der Waals surface area contributed by atoms with Crippen LogP contribution in [0.1, 0.15) is 29.1 Å². The van der Waals surface area contributed by atoms with Crippen molar-refractivity contribution in [3.63, 3.8) is 0 Å². The van der Waals surface area contributed by atoms with Crippen LogP contribution in [-0.2, 0) is 0 Å². The maximum atomic E-state index is 12.2. The van der Waals surface area contributed by atoms with Crippen LogP contribution in [-0.4, -0.2) is 33.1 Å². The molecule has 1 atom stereocenters. The molecule has 0 aliphatic rings. The van der Waals surface area contributed by atoms with Crippen LogP contribution >= 0.6 is 0 Å². The molecule has 0 radical (unpaired) electrons. The second-order valence-electron chi connectivity index (χ2n) is 4.21. The molecule has 0 bridgehead atoms. The molecule has 110 valence electrons. The lowest BCUT2D eigenvalue weighted by Gasteiger charge is -2.13. The molecular weight excluding hydrogens is 278 g/mol. The highest BCUT2D eigenvalue weighted by molar-refractivity contribution is 5.97. The summed E-state index contributed by atoms with van der Waals surface area (Å²) in [7, 11) is 1.39. The van der Waals surface area contributed by atoms with Crippen molar-refractivity contribution in [2.45, 2.75) is 13.0 Å². The Morgan fingerprint density at radius 1 is 1.52 bits per heavy atom. The lowest BCUT2D eigenvalue weighted by atomic mass is 10.1. The number of nitrogens with zero attached hydrogens (tertiary/aromatic N) is 3. The summed E-state index contributed by atoms with van der Waals surface area (Å²) in [5, 5.41) is 19.8. The lowest BCUT2D eigenvalue weighted by molar-refractivity contribution is -0.384. The number of nitro groups is 1. The number of aromatic amines is 1. The maximum absolute atomic E-state index is 12.2. The van der Waals surface area contributed by atoms with Crippen molar-refractivity contribution in [1.29, 1.82) is 0 Å². The molecule has 0 fully saturated rings. The summed E-state index contributed by atoms with van der Waals surface area (Å²) in [6.07, 6.45) is 1.33. The summed E-state index contributed by atoms with van der Waals surface area (Å²) in [5.74, 6) is 0.232. The van der Waals surface area contributed by atoms with Crippen LogP contribution in [0.25, 0.3) is 0 Å². The summed E-state index contributed by atoms with van der Waals surface area (Å²) in [6.45, 7) is 1.71. The number of carbonyl (C=O) groups excluding carboxylic acids is 1. The number of non-ortho nitro benzene ring substituents is 1. The topological polar surface area (TPSA) is 123 Å². The monoisotopic (exact) mass is 291 g/mol. The van der Waals surface area contributed by atoms with E-state index in [9.17, 15) is 14.9 Å². The zero-order chi connectivity index (χ0) is 15.4. The van der Waals surface area contributed by atoms with Gasteiger partial charge in [-0.05, 0) is 13.0 Å². The zero-order valence-corrected chi connectivity index (χ0v) is 11.4. The number of methoxy groups -OCH3 is 1. The number of amides is 1.